The molecule has 0 saturated heterocycles. The summed E-state index contributed by atoms with van der Waals surface area (Å²) in [6, 6.07) is 11.8. The maximum atomic E-state index is 13.5. The van der Waals surface area contributed by atoms with E-state index in [0.717, 1.165) is 12.7 Å². The zero-order valence-electron chi connectivity index (χ0n) is 22.9. The van der Waals surface area contributed by atoms with Crippen molar-refractivity contribution in [3.8, 4) is 5.75 Å². The molecule has 8 nitrogen and oxygen atoms in total. The van der Waals surface area contributed by atoms with Crippen LogP contribution >= 0.6 is 0 Å². The Labute approximate surface area is 226 Å². The quantitative estimate of drug-likeness (QED) is 0.353. The van der Waals surface area contributed by atoms with Crippen LogP contribution in [-0.4, -0.2) is 56.6 Å². The molecule has 0 aliphatic heterocycles. The summed E-state index contributed by atoms with van der Waals surface area (Å²) < 4.78 is 45.2. The van der Waals surface area contributed by atoms with E-state index in [1.165, 1.54) is 21.3 Å². The van der Waals surface area contributed by atoms with Crippen LogP contribution in [0.5, 0.6) is 5.75 Å². The molecule has 1 N–H and O–H groups in total. The minimum Gasteiger partial charge on any atom is -0.494 e. The Bertz CT molecular complexity index is 1140. The standard InChI is InChI=1S/C28H40FN3O5S/c1-6-21(4)30-28(34)26(7-2)31(20-22-11-13-23(29)14-12-22)27(33)10-9-19-32(38(5,35)36)24-15-17-25(18-16-24)37-8-3/h11-18,21,26H,6-10,19-20H2,1-5H3,(H,30,34). The van der Waals surface area contributed by atoms with Gasteiger partial charge in [-0.25, -0.2) is 12.8 Å². The van der Waals surface area contributed by atoms with Crippen molar-refractivity contribution in [3.63, 3.8) is 0 Å². The van der Waals surface area contributed by atoms with E-state index in [-0.39, 0.29) is 49.6 Å². The lowest BCUT2D eigenvalue weighted by Crippen LogP contribution is -2.50. The highest BCUT2D eigenvalue weighted by molar-refractivity contribution is 7.92. The molecular formula is C28H40FN3O5S. The van der Waals surface area contributed by atoms with Crippen LogP contribution in [0.15, 0.2) is 48.5 Å². The summed E-state index contributed by atoms with van der Waals surface area (Å²) in [6.07, 6.45) is 2.57. The predicted octanol–water partition coefficient (Wildman–Crippen LogP) is 4.49. The van der Waals surface area contributed by atoms with Crippen molar-refractivity contribution in [2.24, 2.45) is 0 Å². The average molecular weight is 550 g/mol. The molecule has 0 aliphatic carbocycles. The van der Waals surface area contributed by atoms with Gasteiger partial charge in [0.15, 0.2) is 0 Å². The highest BCUT2D eigenvalue weighted by Gasteiger charge is 2.29. The van der Waals surface area contributed by atoms with Gasteiger partial charge in [-0.05, 0) is 75.1 Å². The molecular weight excluding hydrogens is 509 g/mol. The molecule has 210 valence electrons. The average Bonchev–Trinajstić information content (AvgIpc) is 2.87. The van der Waals surface area contributed by atoms with Crippen LogP contribution in [0.1, 0.15) is 58.9 Å². The molecule has 2 unspecified atom stereocenters. The molecule has 2 rings (SSSR count). The van der Waals surface area contributed by atoms with E-state index in [0.29, 0.717) is 30.0 Å². The van der Waals surface area contributed by atoms with Gasteiger partial charge in [0.05, 0.1) is 18.6 Å². The first kappa shape index (κ1) is 31.1. The van der Waals surface area contributed by atoms with E-state index >= 15 is 0 Å². The molecule has 0 saturated carbocycles. The number of carbonyl (C=O) groups is 2. The summed E-state index contributed by atoms with van der Waals surface area (Å²) in [4.78, 5) is 28.0. The Kier molecular flexibility index (Phi) is 12.0. The molecule has 0 radical (unpaired) electrons. The topological polar surface area (TPSA) is 96.0 Å². The summed E-state index contributed by atoms with van der Waals surface area (Å²) in [5.41, 5.74) is 1.17. The van der Waals surface area contributed by atoms with Crippen LogP contribution in [0.3, 0.4) is 0 Å². The SMILES string of the molecule is CCOc1ccc(N(CCCC(=O)N(Cc2ccc(F)cc2)C(CC)C(=O)NC(C)CC)S(C)(=O)=O)cc1. The number of hydrogen-bond donors (Lipinski definition) is 1. The van der Waals surface area contributed by atoms with Crippen molar-refractivity contribution < 1.29 is 27.1 Å². The number of nitrogens with one attached hydrogen (secondary N) is 1. The molecule has 38 heavy (non-hydrogen) atoms. The molecule has 2 aromatic rings. The second kappa shape index (κ2) is 14.7. The number of sulfonamides is 1. The van der Waals surface area contributed by atoms with Crippen molar-refractivity contribution in [2.75, 3.05) is 23.7 Å². The normalized spacial score (nSPS) is 12.9. The molecule has 0 bridgehead atoms. The lowest BCUT2D eigenvalue weighted by Gasteiger charge is -2.32. The van der Waals surface area contributed by atoms with E-state index in [4.69, 9.17) is 4.74 Å². The number of amides is 2. The number of halogens is 1. The fourth-order valence-electron chi connectivity index (χ4n) is 4.03. The highest BCUT2D eigenvalue weighted by atomic mass is 32.2. The molecule has 0 fully saturated rings. The maximum Gasteiger partial charge on any atom is 0.243 e. The molecule has 0 aliphatic rings. The third-order valence-corrected chi connectivity index (χ3v) is 7.44. The van der Waals surface area contributed by atoms with Crippen molar-refractivity contribution in [1.82, 2.24) is 10.2 Å². The van der Waals surface area contributed by atoms with Crippen molar-refractivity contribution in [2.45, 2.75) is 72.0 Å². The van der Waals surface area contributed by atoms with E-state index in [2.05, 4.69) is 5.32 Å². The number of ether oxygens (including phenoxy) is 1. The minimum atomic E-state index is -3.60. The van der Waals surface area contributed by atoms with Gasteiger partial charge in [-0.2, -0.15) is 0 Å². The summed E-state index contributed by atoms with van der Waals surface area (Å²) >= 11 is 0. The largest absolute Gasteiger partial charge is 0.494 e. The van der Waals surface area contributed by atoms with Crippen LogP contribution in [0.4, 0.5) is 10.1 Å². The van der Waals surface area contributed by atoms with Crippen LogP contribution in [-0.2, 0) is 26.2 Å². The summed E-state index contributed by atoms with van der Waals surface area (Å²) in [7, 11) is -3.60. The first-order chi connectivity index (χ1) is 18.0. The van der Waals surface area contributed by atoms with Gasteiger partial charge >= 0.3 is 0 Å². The smallest absolute Gasteiger partial charge is 0.243 e. The fourth-order valence-corrected chi connectivity index (χ4v) is 4.99. The number of benzene rings is 2. The number of rotatable bonds is 15. The fraction of sp³-hybridized carbons (Fsp3) is 0.500. The van der Waals surface area contributed by atoms with Gasteiger partial charge in [-0.1, -0.05) is 26.0 Å². The van der Waals surface area contributed by atoms with E-state index in [9.17, 15) is 22.4 Å². The first-order valence-electron chi connectivity index (χ1n) is 13.0. The highest BCUT2D eigenvalue weighted by Crippen LogP contribution is 2.23. The number of carbonyl (C=O) groups excluding carboxylic acids is 2. The number of hydrogen-bond acceptors (Lipinski definition) is 5. The van der Waals surface area contributed by atoms with E-state index in [1.54, 1.807) is 36.4 Å². The molecule has 10 heteroatoms. The molecule has 0 heterocycles. The van der Waals surface area contributed by atoms with Crippen LogP contribution in [0.25, 0.3) is 0 Å². The Hall–Kier alpha value is -3.14. The van der Waals surface area contributed by atoms with Crippen LogP contribution in [0, 0.1) is 5.82 Å². The second-order valence-electron chi connectivity index (χ2n) is 9.26. The summed E-state index contributed by atoms with van der Waals surface area (Å²) in [6.45, 7) is 8.30. The van der Waals surface area contributed by atoms with Crippen molar-refractivity contribution in [1.29, 1.82) is 0 Å². The Morgan fingerprint density at radius 3 is 2.16 bits per heavy atom. The van der Waals surface area contributed by atoms with Crippen molar-refractivity contribution in [3.05, 3.63) is 59.9 Å². The molecule has 2 amide bonds. The Balaban J connectivity index is 2.20. The van der Waals surface area contributed by atoms with Gasteiger partial charge in [0.25, 0.3) is 0 Å². The van der Waals surface area contributed by atoms with Gasteiger partial charge in [0, 0.05) is 25.6 Å². The maximum absolute atomic E-state index is 13.5. The Morgan fingerprint density at radius 2 is 1.63 bits per heavy atom. The third kappa shape index (κ3) is 9.31. The van der Waals surface area contributed by atoms with Gasteiger partial charge in [-0.15, -0.1) is 0 Å². The molecule has 2 atom stereocenters. The third-order valence-electron chi connectivity index (χ3n) is 6.24. The van der Waals surface area contributed by atoms with Gasteiger partial charge in [0.1, 0.15) is 17.6 Å². The first-order valence-corrected chi connectivity index (χ1v) is 14.9. The lowest BCUT2D eigenvalue weighted by atomic mass is 10.1. The zero-order valence-corrected chi connectivity index (χ0v) is 23.8. The monoisotopic (exact) mass is 549 g/mol. The molecule has 2 aromatic carbocycles. The van der Waals surface area contributed by atoms with Crippen LogP contribution < -0.4 is 14.4 Å². The lowest BCUT2D eigenvalue weighted by molar-refractivity contribution is -0.141. The van der Waals surface area contributed by atoms with Gasteiger partial charge in [-0.3, -0.25) is 13.9 Å². The number of nitrogens with zero attached hydrogens (tertiary/aromatic N) is 2. The number of anilines is 1. The van der Waals surface area contributed by atoms with Gasteiger partial charge < -0.3 is 15.0 Å². The Morgan fingerprint density at radius 1 is 1.00 bits per heavy atom. The summed E-state index contributed by atoms with van der Waals surface area (Å²) in [5, 5.41) is 2.95. The molecule has 0 spiro atoms. The minimum absolute atomic E-state index is 0.0390. The zero-order chi connectivity index (χ0) is 28.3. The van der Waals surface area contributed by atoms with Crippen LogP contribution in [0.2, 0.25) is 0 Å². The van der Waals surface area contributed by atoms with E-state index in [1.807, 2.05) is 27.7 Å². The second-order valence-corrected chi connectivity index (χ2v) is 11.2. The van der Waals surface area contributed by atoms with E-state index < -0.39 is 16.1 Å². The molecule has 0 aromatic heterocycles. The summed E-state index contributed by atoms with van der Waals surface area (Å²) in [5.74, 6) is -0.272. The van der Waals surface area contributed by atoms with Crippen molar-refractivity contribution >= 4 is 27.5 Å². The predicted molar refractivity (Wildman–Crippen MR) is 148 cm³/mol. The van der Waals surface area contributed by atoms with Gasteiger partial charge in [0.2, 0.25) is 21.8 Å².